The molecule has 0 aliphatic heterocycles. The number of rotatable bonds is 1. The molecule has 0 spiro atoms. The summed E-state index contributed by atoms with van der Waals surface area (Å²) in [6, 6.07) is 9.08. The van der Waals surface area contributed by atoms with Gasteiger partial charge in [0.05, 0.1) is 34.1 Å². The van der Waals surface area contributed by atoms with Gasteiger partial charge in [-0.1, -0.05) is 0 Å². The van der Waals surface area contributed by atoms with Crippen molar-refractivity contribution in [1.82, 2.24) is 24.5 Å². The first kappa shape index (κ1) is 11.4. The van der Waals surface area contributed by atoms with Crippen molar-refractivity contribution < 1.29 is 0 Å². The Kier molecular flexibility index (Phi) is 2.20. The Morgan fingerprint density at radius 3 is 2.95 bits per heavy atom. The molecular weight excluding hydrogens is 268 g/mol. The van der Waals surface area contributed by atoms with E-state index in [0.717, 1.165) is 11.0 Å². The fraction of sp³-hybridized carbons (Fsp3) is 0. The van der Waals surface area contributed by atoms with E-state index in [1.807, 2.05) is 18.2 Å². The van der Waals surface area contributed by atoms with Crippen molar-refractivity contribution in [2.75, 3.05) is 0 Å². The van der Waals surface area contributed by atoms with Gasteiger partial charge in [-0.15, -0.1) is 0 Å². The van der Waals surface area contributed by atoms with Gasteiger partial charge in [-0.2, -0.15) is 5.26 Å². The van der Waals surface area contributed by atoms with Gasteiger partial charge in [0.2, 0.25) is 0 Å². The molecule has 0 radical (unpaired) electrons. The van der Waals surface area contributed by atoms with Crippen LogP contribution >= 0.6 is 0 Å². The quantitative estimate of drug-likeness (QED) is 0.549. The lowest BCUT2D eigenvalue weighted by atomic mass is 10.2. The monoisotopic (exact) mass is 276 g/mol. The summed E-state index contributed by atoms with van der Waals surface area (Å²) in [6.45, 7) is 0. The molecule has 0 saturated carbocycles. The zero-order valence-electron chi connectivity index (χ0n) is 10.7. The van der Waals surface area contributed by atoms with Crippen LogP contribution in [0.15, 0.2) is 41.6 Å². The summed E-state index contributed by atoms with van der Waals surface area (Å²) >= 11 is 0. The molecule has 7 heteroatoms. The molecule has 0 atom stereocenters. The van der Waals surface area contributed by atoms with Gasteiger partial charge in [-0.3, -0.25) is 0 Å². The van der Waals surface area contributed by atoms with Crippen molar-refractivity contribution in [3.63, 3.8) is 0 Å². The van der Waals surface area contributed by atoms with Crippen LogP contribution in [-0.2, 0) is 0 Å². The van der Waals surface area contributed by atoms with Crippen LogP contribution in [0.4, 0.5) is 0 Å². The Bertz CT molecular complexity index is 1080. The lowest BCUT2D eigenvalue weighted by Gasteiger charge is -2.02. The molecular formula is C14H8N6O. The van der Waals surface area contributed by atoms with Crippen LogP contribution in [0.3, 0.4) is 0 Å². The van der Waals surface area contributed by atoms with Gasteiger partial charge < -0.3 is 9.97 Å². The predicted molar refractivity (Wildman–Crippen MR) is 76.1 cm³/mol. The van der Waals surface area contributed by atoms with Crippen LogP contribution in [0.2, 0.25) is 0 Å². The first-order valence-corrected chi connectivity index (χ1v) is 6.20. The third-order valence-corrected chi connectivity index (χ3v) is 3.32. The van der Waals surface area contributed by atoms with E-state index >= 15 is 0 Å². The number of nitriles is 1. The topological polar surface area (TPSA) is 103 Å². The van der Waals surface area contributed by atoms with Gasteiger partial charge in [0, 0.05) is 6.20 Å². The summed E-state index contributed by atoms with van der Waals surface area (Å²) in [7, 11) is 0. The number of H-pyrrole nitrogens is 2. The largest absolute Gasteiger partial charge is 0.345 e. The molecule has 0 fully saturated rings. The molecule has 0 aliphatic carbocycles. The van der Waals surface area contributed by atoms with Crippen LogP contribution in [0.25, 0.3) is 27.9 Å². The molecule has 100 valence electrons. The summed E-state index contributed by atoms with van der Waals surface area (Å²) in [5.74, 6) is 0. The summed E-state index contributed by atoms with van der Waals surface area (Å²) in [5.41, 5.74) is 3.44. The van der Waals surface area contributed by atoms with E-state index in [4.69, 9.17) is 5.26 Å². The van der Waals surface area contributed by atoms with E-state index in [1.54, 1.807) is 18.5 Å². The second-order valence-electron chi connectivity index (χ2n) is 4.58. The highest BCUT2D eigenvalue weighted by molar-refractivity contribution is 5.79. The number of hydrogen-bond acceptors (Lipinski definition) is 4. The molecule has 7 nitrogen and oxygen atoms in total. The zero-order chi connectivity index (χ0) is 14.4. The molecule has 4 aromatic rings. The highest BCUT2D eigenvalue weighted by Gasteiger charge is 2.11. The van der Waals surface area contributed by atoms with E-state index in [1.165, 1.54) is 10.8 Å². The minimum atomic E-state index is -0.303. The third kappa shape index (κ3) is 1.63. The Balaban J connectivity index is 2.03. The molecule has 0 amide bonds. The minimum absolute atomic E-state index is 0.303. The zero-order valence-corrected chi connectivity index (χ0v) is 10.7. The molecule has 3 aromatic heterocycles. The number of pyridine rings is 1. The number of nitrogens with zero attached hydrogens (tertiary/aromatic N) is 4. The molecule has 0 aliphatic rings. The van der Waals surface area contributed by atoms with Crippen molar-refractivity contribution in [2.45, 2.75) is 0 Å². The third-order valence-electron chi connectivity index (χ3n) is 3.32. The van der Waals surface area contributed by atoms with E-state index in [9.17, 15) is 4.79 Å². The molecule has 3 heterocycles. The maximum absolute atomic E-state index is 12.2. The predicted octanol–water partition coefficient (Wildman–Crippen LogP) is 1.46. The maximum atomic E-state index is 12.2. The number of aromatic nitrogens is 5. The van der Waals surface area contributed by atoms with Gasteiger partial charge in [-0.05, 0) is 24.3 Å². The van der Waals surface area contributed by atoms with Gasteiger partial charge >= 0.3 is 5.69 Å². The molecule has 0 saturated heterocycles. The first-order chi connectivity index (χ1) is 10.3. The van der Waals surface area contributed by atoms with Crippen molar-refractivity contribution in [3.8, 4) is 11.8 Å². The number of imidazole rings is 2. The molecule has 4 rings (SSSR count). The van der Waals surface area contributed by atoms with Gasteiger partial charge in [0.1, 0.15) is 6.07 Å². The molecule has 0 bridgehead atoms. The van der Waals surface area contributed by atoms with Crippen molar-refractivity contribution in [1.29, 1.82) is 5.26 Å². The number of nitrogens with one attached hydrogen (secondary N) is 2. The lowest BCUT2D eigenvalue weighted by Crippen LogP contribution is -2.14. The first-order valence-electron chi connectivity index (χ1n) is 6.20. The van der Waals surface area contributed by atoms with Crippen LogP contribution in [0.1, 0.15) is 5.56 Å². The number of fused-ring (bicyclic) bond motifs is 2. The normalized spacial score (nSPS) is 11.0. The Labute approximate surface area is 117 Å². The van der Waals surface area contributed by atoms with E-state index in [0.29, 0.717) is 22.4 Å². The highest BCUT2D eigenvalue weighted by Crippen LogP contribution is 2.18. The molecule has 21 heavy (non-hydrogen) atoms. The van der Waals surface area contributed by atoms with Crippen molar-refractivity contribution in [3.05, 3.63) is 52.8 Å². The Morgan fingerprint density at radius 2 is 2.10 bits per heavy atom. The molecule has 0 unspecified atom stereocenters. The second-order valence-corrected chi connectivity index (χ2v) is 4.58. The molecule has 2 N–H and O–H groups in total. The maximum Gasteiger partial charge on any atom is 0.332 e. The van der Waals surface area contributed by atoms with E-state index in [-0.39, 0.29) is 5.69 Å². The van der Waals surface area contributed by atoms with Gasteiger partial charge in [0.25, 0.3) is 0 Å². The second kappa shape index (κ2) is 4.05. The summed E-state index contributed by atoms with van der Waals surface area (Å²) in [6.07, 6.45) is 3.04. The summed E-state index contributed by atoms with van der Waals surface area (Å²) in [4.78, 5) is 26.3. The standard InChI is InChI=1S/C14H8N6O/c15-5-8-3-12-13(16-6-8)20(14(21)19-12)9-1-2-10-11(4-9)18-7-17-10/h1-4,6-7H,(H,17,18)(H,19,21). The average Bonchev–Trinajstić information content (AvgIpc) is 3.08. The Hall–Kier alpha value is -3.40. The molecule has 1 aromatic carbocycles. The van der Waals surface area contributed by atoms with Crippen molar-refractivity contribution >= 4 is 22.2 Å². The average molecular weight is 276 g/mol. The fourth-order valence-electron chi connectivity index (χ4n) is 2.36. The van der Waals surface area contributed by atoms with Crippen LogP contribution in [0, 0.1) is 11.3 Å². The van der Waals surface area contributed by atoms with E-state index in [2.05, 4.69) is 19.9 Å². The smallest absolute Gasteiger partial charge is 0.332 e. The number of aromatic amines is 2. The van der Waals surface area contributed by atoms with Gasteiger partial charge in [-0.25, -0.2) is 19.3 Å². The van der Waals surface area contributed by atoms with Crippen LogP contribution in [-0.4, -0.2) is 24.5 Å². The van der Waals surface area contributed by atoms with Crippen molar-refractivity contribution in [2.24, 2.45) is 0 Å². The summed E-state index contributed by atoms with van der Waals surface area (Å²) < 4.78 is 1.46. The number of benzene rings is 1. The van der Waals surface area contributed by atoms with Crippen LogP contribution < -0.4 is 5.69 Å². The fourth-order valence-corrected chi connectivity index (χ4v) is 2.36. The minimum Gasteiger partial charge on any atom is -0.345 e. The lowest BCUT2D eigenvalue weighted by molar-refractivity contribution is 1.00. The Morgan fingerprint density at radius 1 is 1.19 bits per heavy atom. The highest BCUT2D eigenvalue weighted by atomic mass is 16.1. The number of hydrogen-bond donors (Lipinski definition) is 2. The summed E-state index contributed by atoms with van der Waals surface area (Å²) in [5, 5.41) is 8.88. The SMILES string of the molecule is N#Cc1cnc2c(c1)[nH]c(=O)n2-c1ccc2[nH]cnc2c1. The van der Waals surface area contributed by atoms with Gasteiger partial charge in [0.15, 0.2) is 5.65 Å². The van der Waals surface area contributed by atoms with E-state index < -0.39 is 0 Å². The van der Waals surface area contributed by atoms with Crippen LogP contribution in [0.5, 0.6) is 0 Å².